The first kappa shape index (κ1) is 28.6. The summed E-state index contributed by atoms with van der Waals surface area (Å²) in [6.45, 7) is 3.90. The maximum atomic E-state index is 13.2. The van der Waals surface area contributed by atoms with E-state index in [1.165, 1.54) is 15.9 Å². The van der Waals surface area contributed by atoms with Gasteiger partial charge in [0.25, 0.3) is 5.91 Å². The molecule has 3 heterocycles. The molecular weight excluding hydrogens is 545 g/mol. The zero-order valence-electron chi connectivity index (χ0n) is 22.1. The van der Waals surface area contributed by atoms with Crippen molar-refractivity contribution in [3.63, 3.8) is 0 Å². The van der Waals surface area contributed by atoms with Crippen molar-refractivity contribution in [1.29, 1.82) is 0 Å². The van der Waals surface area contributed by atoms with Crippen LogP contribution >= 0.6 is 0 Å². The predicted molar refractivity (Wildman–Crippen MR) is 142 cm³/mol. The highest BCUT2D eigenvalue weighted by molar-refractivity contribution is 7.89. The third kappa shape index (κ3) is 6.35. The molecule has 0 bridgehead atoms. The Bertz CT molecular complexity index is 1330. The highest BCUT2D eigenvalue weighted by Gasteiger charge is 2.43. The quantitative estimate of drug-likeness (QED) is 0.543. The van der Waals surface area contributed by atoms with E-state index < -0.39 is 32.3 Å². The van der Waals surface area contributed by atoms with E-state index in [0.29, 0.717) is 24.9 Å². The zero-order valence-corrected chi connectivity index (χ0v) is 22.9. The molecule has 2 fully saturated rings. The monoisotopic (exact) mass is 578 g/mol. The van der Waals surface area contributed by atoms with E-state index in [2.05, 4.69) is 22.5 Å². The second-order valence-electron chi connectivity index (χ2n) is 10.5. The van der Waals surface area contributed by atoms with Gasteiger partial charge in [0, 0.05) is 39.3 Å². The summed E-state index contributed by atoms with van der Waals surface area (Å²) >= 11 is 0. The third-order valence-electron chi connectivity index (χ3n) is 7.81. The molecule has 40 heavy (non-hydrogen) atoms. The fraction of sp³-hybridized carbons (Fsp3) is 0.464. The molecule has 0 aromatic heterocycles. The van der Waals surface area contributed by atoms with Gasteiger partial charge in [-0.1, -0.05) is 36.4 Å². The van der Waals surface area contributed by atoms with E-state index in [4.69, 9.17) is 4.84 Å². The van der Waals surface area contributed by atoms with Crippen LogP contribution in [0.1, 0.15) is 30.4 Å². The Hall–Kier alpha value is -2.93. The number of sulfonamides is 1. The van der Waals surface area contributed by atoms with Crippen molar-refractivity contribution in [2.24, 2.45) is 0 Å². The standard InChI is InChI=1S/C28H33F3N4O4S/c29-28(30,31)23-9-4-10-24(20-23)40(37,38)35-14-11-27(12-15-35)21-25(32-39-27)26(36)34-18-16-33(17-19-34)13-5-8-22-6-2-1-3-7-22/h1-4,6-7,9-10,20-21,32H,5,8,11-19H2. The van der Waals surface area contributed by atoms with Gasteiger partial charge in [-0.15, -0.1) is 0 Å². The van der Waals surface area contributed by atoms with Crippen LogP contribution in [0.25, 0.3) is 0 Å². The molecule has 2 aromatic carbocycles. The second-order valence-corrected chi connectivity index (χ2v) is 12.4. The Morgan fingerprint density at radius 1 is 0.950 bits per heavy atom. The van der Waals surface area contributed by atoms with Gasteiger partial charge < -0.3 is 4.90 Å². The minimum atomic E-state index is -4.64. The number of halogens is 3. The number of hydrogen-bond acceptors (Lipinski definition) is 6. The molecule has 0 saturated carbocycles. The summed E-state index contributed by atoms with van der Waals surface area (Å²) in [6, 6.07) is 14.1. The van der Waals surface area contributed by atoms with E-state index in [-0.39, 0.29) is 31.8 Å². The number of carbonyl (C=O) groups is 1. The average molecular weight is 579 g/mol. The molecular formula is C28H33F3N4O4S. The first-order valence-electron chi connectivity index (χ1n) is 13.5. The van der Waals surface area contributed by atoms with Crippen molar-refractivity contribution in [2.45, 2.75) is 42.4 Å². The van der Waals surface area contributed by atoms with Gasteiger partial charge in [0.05, 0.1) is 10.5 Å². The molecule has 3 aliphatic heterocycles. The van der Waals surface area contributed by atoms with E-state index in [9.17, 15) is 26.4 Å². The molecule has 216 valence electrons. The maximum Gasteiger partial charge on any atom is 0.416 e. The van der Waals surface area contributed by atoms with E-state index in [1.807, 2.05) is 18.2 Å². The van der Waals surface area contributed by atoms with Crippen molar-refractivity contribution >= 4 is 15.9 Å². The van der Waals surface area contributed by atoms with Crippen LogP contribution < -0.4 is 5.48 Å². The molecule has 2 saturated heterocycles. The van der Waals surface area contributed by atoms with Crippen molar-refractivity contribution in [2.75, 3.05) is 45.8 Å². The lowest BCUT2D eigenvalue weighted by Gasteiger charge is -2.35. The SMILES string of the molecule is O=C(C1=CC2(CCN(S(=O)(=O)c3cccc(C(F)(F)F)c3)CC2)ON1)N1CCN(CCCc2ccccc2)CC1. The number of benzene rings is 2. The highest BCUT2D eigenvalue weighted by Crippen LogP contribution is 2.35. The molecule has 0 radical (unpaired) electrons. The third-order valence-corrected chi connectivity index (χ3v) is 9.71. The van der Waals surface area contributed by atoms with Crippen LogP contribution in [-0.2, 0) is 32.3 Å². The van der Waals surface area contributed by atoms with Gasteiger partial charge in [-0.25, -0.2) is 8.42 Å². The summed E-state index contributed by atoms with van der Waals surface area (Å²) in [5.41, 5.74) is 2.56. The van der Waals surface area contributed by atoms with Crippen molar-refractivity contribution < 1.29 is 31.2 Å². The summed E-state index contributed by atoms with van der Waals surface area (Å²) in [5, 5.41) is 0. The number of aryl methyl sites for hydroxylation is 1. The second kappa shape index (κ2) is 11.5. The molecule has 3 aliphatic rings. The van der Waals surface area contributed by atoms with Gasteiger partial charge in [-0.3, -0.25) is 20.0 Å². The lowest BCUT2D eigenvalue weighted by Crippen LogP contribution is -2.50. The van der Waals surface area contributed by atoms with Gasteiger partial charge in [0.2, 0.25) is 10.0 Å². The number of nitrogens with zero attached hydrogens (tertiary/aromatic N) is 3. The average Bonchev–Trinajstić information content (AvgIpc) is 3.36. The number of amides is 1. The summed E-state index contributed by atoms with van der Waals surface area (Å²) in [5.74, 6) is -0.153. The van der Waals surface area contributed by atoms with Gasteiger partial charge in [0.1, 0.15) is 11.3 Å². The molecule has 0 unspecified atom stereocenters. The van der Waals surface area contributed by atoms with E-state index in [1.54, 1.807) is 11.0 Å². The lowest BCUT2D eigenvalue weighted by molar-refractivity contribution is -0.137. The summed E-state index contributed by atoms with van der Waals surface area (Å²) < 4.78 is 66.5. The lowest BCUT2D eigenvalue weighted by atomic mass is 9.92. The summed E-state index contributed by atoms with van der Waals surface area (Å²) in [6.07, 6.45) is -0.288. The Labute approximate surface area is 232 Å². The Kier molecular flexibility index (Phi) is 8.23. The van der Waals surface area contributed by atoms with Crippen molar-refractivity contribution in [3.05, 3.63) is 77.5 Å². The fourth-order valence-corrected chi connectivity index (χ4v) is 6.90. The number of rotatable bonds is 7. The number of hydrogen-bond donors (Lipinski definition) is 1. The van der Waals surface area contributed by atoms with Crippen LogP contribution in [0.15, 0.2) is 71.3 Å². The Morgan fingerprint density at radius 2 is 1.65 bits per heavy atom. The van der Waals surface area contributed by atoms with Crippen LogP contribution in [-0.4, -0.2) is 79.8 Å². The minimum Gasteiger partial charge on any atom is -0.335 e. The Balaban J connectivity index is 1.12. The normalized spacial score (nSPS) is 20.4. The van der Waals surface area contributed by atoms with Crippen LogP contribution in [0.5, 0.6) is 0 Å². The molecule has 1 spiro atoms. The first-order valence-corrected chi connectivity index (χ1v) is 14.9. The molecule has 1 amide bonds. The number of piperazine rings is 1. The molecule has 1 N–H and O–H groups in total. The zero-order chi connectivity index (χ0) is 28.4. The number of nitrogens with one attached hydrogen (secondary N) is 1. The molecule has 12 heteroatoms. The topological polar surface area (TPSA) is 82.2 Å². The van der Waals surface area contributed by atoms with Crippen molar-refractivity contribution in [3.8, 4) is 0 Å². The summed E-state index contributed by atoms with van der Waals surface area (Å²) in [4.78, 5) is 22.7. The maximum absolute atomic E-state index is 13.2. The van der Waals surface area contributed by atoms with Crippen molar-refractivity contribution in [1.82, 2.24) is 19.6 Å². The van der Waals surface area contributed by atoms with Crippen LogP contribution in [0, 0.1) is 0 Å². The largest absolute Gasteiger partial charge is 0.416 e. The van der Waals surface area contributed by atoms with Crippen LogP contribution in [0.3, 0.4) is 0 Å². The number of hydroxylamine groups is 1. The number of carbonyl (C=O) groups excluding carboxylic acids is 1. The van der Waals surface area contributed by atoms with Gasteiger partial charge >= 0.3 is 6.18 Å². The minimum absolute atomic E-state index is 0.0554. The van der Waals surface area contributed by atoms with Gasteiger partial charge in [-0.05, 0) is 62.1 Å². The smallest absolute Gasteiger partial charge is 0.335 e. The van der Waals surface area contributed by atoms with Crippen LogP contribution in [0.2, 0.25) is 0 Å². The highest BCUT2D eigenvalue weighted by atomic mass is 32.2. The Morgan fingerprint density at radius 3 is 2.33 bits per heavy atom. The molecule has 0 aliphatic carbocycles. The van der Waals surface area contributed by atoms with E-state index in [0.717, 1.165) is 44.6 Å². The molecule has 5 rings (SSSR count). The van der Waals surface area contributed by atoms with Gasteiger partial charge in [0.15, 0.2) is 0 Å². The summed E-state index contributed by atoms with van der Waals surface area (Å²) in [7, 11) is -4.11. The van der Waals surface area contributed by atoms with Gasteiger partial charge in [-0.2, -0.15) is 17.5 Å². The first-order chi connectivity index (χ1) is 19.1. The molecule has 2 aromatic rings. The van der Waals surface area contributed by atoms with E-state index >= 15 is 0 Å². The predicted octanol–water partition coefficient (Wildman–Crippen LogP) is 3.42. The number of piperidine rings is 1. The molecule has 8 nitrogen and oxygen atoms in total. The molecule has 0 atom stereocenters. The van der Waals surface area contributed by atoms with Crippen LogP contribution in [0.4, 0.5) is 13.2 Å². The number of alkyl halides is 3. The fourth-order valence-electron chi connectivity index (χ4n) is 5.41.